The van der Waals surface area contributed by atoms with Crippen LogP contribution in [0.3, 0.4) is 0 Å². The monoisotopic (exact) mass is 333 g/mol. The van der Waals surface area contributed by atoms with E-state index in [0.29, 0.717) is 25.2 Å². The van der Waals surface area contributed by atoms with Gasteiger partial charge in [-0.15, -0.1) is 0 Å². The third-order valence-corrected chi connectivity index (χ3v) is 5.50. The Morgan fingerprint density at radius 2 is 1.96 bits per heavy atom. The molecule has 3 rings (SSSR count). The zero-order valence-corrected chi connectivity index (χ0v) is 13.9. The molecule has 3 aromatic rings. The number of likely N-dealkylation sites (N-methyl/N-ethyl adjacent to an activating group) is 1. The van der Waals surface area contributed by atoms with E-state index in [4.69, 9.17) is 0 Å². The van der Waals surface area contributed by atoms with Crippen molar-refractivity contribution in [3.8, 4) is 0 Å². The maximum atomic E-state index is 12.5. The van der Waals surface area contributed by atoms with Crippen LogP contribution in [0, 0.1) is 0 Å². The van der Waals surface area contributed by atoms with Crippen molar-refractivity contribution >= 4 is 21.1 Å². The summed E-state index contributed by atoms with van der Waals surface area (Å²) < 4.78 is 26.3. The number of benzene rings is 1. The minimum absolute atomic E-state index is 0.126. The Balaban J connectivity index is 1.71. The van der Waals surface area contributed by atoms with E-state index >= 15 is 0 Å². The topological polar surface area (TPSA) is 94.7 Å². The molecule has 2 heterocycles. The highest BCUT2D eigenvalue weighted by Crippen LogP contribution is 2.14. The van der Waals surface area contributed by atoms with E-state index in [1.807, 2.05) is 31.2 Å². The van der Waals surface area contributed by atoms with Gasteiger partial charge in [0.15, 0.2) is 5.03 Å². The van der Waals surface area contributed by atoms with Crippen LogP contribution in [0.25, 0.3) is 11.0 Å². The van der Waals surface area contributed by atoms with E-state index in [-0.39, 0.29) is 5.03 Å². The Morgan fingerprint density at radius 1 is 1.17 bits per heavy atom. The molecular weight excluding hydrogens is 314 g/mol. The number of aromatic nitrogens is 4. The lowest BCUT2D eigenvalue weighted by atomic mass is 10.3. The highest BCUT2D eigenvalue weighted by Gasteiger charge is 2.23. The van der Waals surface area contributed by atoms with Crippen molar-refractivity contribution in [3.63, 3.8) is 0 Å². The van der Waals surface area contributed by atoms with Crippen LogP contribution in [0.4, 0.5) is 0 Å². The number of nitrogens with zero attached hydrogens (tertiary/aromatic N) is 3. The van der Waals surface area contributed by atoms with Crippen molar-refractivity contribution in [3.05, 3.63) is 42.1 Å². The van der Waals surface area contributed by atoms with Gasteiger partial charge in [0, 0.05) is 26.4 Å². The van der Waals surface area contributed by atoms with E-state index in [1.165, 1.54) is 10.5 Å². The fourth-order valence-corrected chi connectivity index (χ4v) is 3.43. The molecule has 0 unspecified atom stereocenters. The van der Waals surface area contributed by atoms with E-state index in [9.17, 15) is 8.42 Å². The number of nitrogens with one attached hydrogen (secondary N) is 2. The number of aryl methyl sites for hydroxylation is 1. The molecule has 23 heavy (non-hydrogen) atoms. The Morgan fingerprint density at radius 3 is 2.65 bits per heavy atom. The van der Waals surface area contributed by atoms with Crippen LogP contribution < -0.4 is 0 Å². The summed E-state index contributed by atoms with van der Waals surface area (Å²) in [6, 6.07) is 7.73. The summed E-state index contributed by atoms with van der Waals surface area (Å²) >= 11 is 0. The van der Waals surface area contributed by atoms with Crippen LogP contribution in [0.15, 0.2) is 35.5 Å². The molecule has 2 N–H and O–H groups in total. The molecule has 0 atom stereocenters. The molecule has 0 bridgehead atoms. The maximum absolute atomic E-state index is 12.5. The third-order valence-electron chi connectivity index (χ3n) is 3.73. The largest absolute Gasteiger partial charge is 0.342 e. The molecule has 0 radical (unpaired) electrons. The predicted molar refractivity (Wildman–Crippen MR) is 87.6 cm³/mol. The van der Waals surface area contributed by atoms with Crippen molar-refractivity contribution in [1.82, 2.24) is 24.2 Å². The number of sulfonamides is 1. The first-order chi connectivity index (χ1) is 11.0. The Labute approximate surface area is 134 Å². The van der Waals surface area contributed by atoms with Gasteiger partial charge in [-0.1, -0.05) is 19.1 Å². The third kappa shape index (κ3) is 3.13. The first-order valence-electron chi connectivity index (χ1n) is 7.44. The van der Waals surface area contributed by atoms with Gasteiger partial charge in [-0.25, -0.2) is 18.4 Å². The van der Waals surface area contributed by atoms with Gasteiger partial charge in [0.2, 0.25) is 0 Å². The van der Waals surface area contributed by atoms with Crippen LogP contribution in [0.1, 0.15) is 18.6 Å². The van der Waals surface area contributed by atoms with Crippen LogP contribution in [0.5, 0.6) is 0 Å². The zero-order chi connectivity index (χ0) is 16.4. The Hall–Kier alpha value is -2.19. The lowest BCUT2D eigenvalue weighted by molar-refractivity contribution is 0.467. The molecule has 0 saturated carbocycles. The number of para-hydroxylation sites is 2. The summed E-state index contributed by atoms with van der Waals surface area (Å²) in [6.45, 7) is 2.25. The lowest BCUT2D eigenvalue weighted by Crippen LogP contribution is -2.29. The van der Waals surface area contributed by atoms with Crippen molar-refractivity contribution in [2.45, 2.75) is 24.8 Å². The normalized spacial score (nSPS) is 12.3. The lowest BCUT2D eigenvalue weighted by Gasteiger charge is -2.14. The number of fused-ring (bicyclic) bond motifs is 1. The highest BCUT2D eigenvalue weighted by atomic mass is 32.2. The van der Waals surface area contributed by atoms with Crippen molar-refractivity contribution in [1.29, 1.82) is 0 Å². The van der Waals surface area contributed by atoms with Gasteiger partial charge >= 0.3 is 0 Å². The van der Waals surface area contributed by atoms with E-state index < -0.39 is 10.0 Å². The molecular formula is C15H19N5O2S. The molecule has 1 aromatic carbocycles. The molecule has 7 nitrogen and oxygen atoms in total. The summed E-state index contributed by atoms with van der Waals surface area (Å²) in [5, 5.41) is 0.126. The maximum Gasteiger partial charge on any atom is 0.259 e. The zero-order valence-electron chi connectivity index (χ0n) is 13.1. The van der Waals surface area contributed by atoms with E-state index in [2.05, 4.69) is 19.9 Å². The fourth-order valence-electron chi connectivity index (χ4n) is 2.33. The highest BCUT2D eigenvalue weighted by molar-refractivity contribution is 7.89. The van der Waals surface area contributed by atoms with Crippen molar-refractivity contribution in [2.24, 2.45) is 0 Å². The van der Waals surface area contributed by atoms with Crippen LogP contribution in [-0.2, 0) is 22.9 Å². The summed E-state index contributed by atoms with van der Waals surface area (Å²) in [7, 11) is -1.99. The van der Waals surface area contributed by atoms with Gasteiger partial charge in [0.25, 0.3) is 10.0 Å². The molecule has 0 amide bonds. The van der Waals surface area contributed by atoms with Crippen molar-refractivity contribution in [2.75, 3.05) is 13.6 Å². The SMILES string of the molecule is CCc1ncc(S(=O)(=O)N(C)CCc2nc3ccccc3[nH]2)[nH]1. The number of aromatic amines is 2. The predicted octanol–water partition coefficient (Wildman–Crippen LogP) is 1.71. The Kier molecular flexibility index (Phi) is 4.18. The molecule has 0 aliphatic heterocycles. The number of hydrogen-bond acceptors (Lipinski definition) is 4. The van der Waals surface area contributed by atoms with Crippen molar-refractivity contribution < 1.29 is 8.42 Å². The summed E-state index contributed by atoms with van der Waals surface area (Å²) in [5.74, 6) is 1.43. The van der Waals surface area contributed by atoms with Crippen LogP contribution >= 0.6 is 0 Å². The average molecular weight is 333 g/mol. The minimum Gasteiger partial charge on any atom is -0.342 e. The van der Waals surface area contributed by atoms with E-state index in [1.54, 1.807) is 7.05 Å². The van der Waals surface area contributed by atoms with E-state index in [0.717, 1.165) is 16.9 Å². The first kappa shape index (κ1) is 15.7. The summed E-state index contributed by atoms with van der Waals surface area (Å²) in [5.41, 5.74) is 1.84. The van der Waals surface area contributed by atoms with Gasteiger partial charge in [0.05, 0.1) is 17.2 Å². The average Bonchev–Trinajstić information content (AvgIpc) is 3.18. The van der Waals surface area contributed by atoms with Crippen LogP contribution in [0.2, 0.25) is 0 Å². The summed E-state index contributed by atoms with van der Waals surface area (Å²) in [4.78, 5) is 14.6. The van der Waals surface area contributed by atoms with Gasteiger partial charge in [-0.05, 0) is 12.1 Å². The molecule has 2 aromatic heterocycles. The molecule has 0 aliphatic carbocycles. The molecule has 0 saturated heterocycles. The van der Waals surface area contributed by atoms with Gasteiger partial charge in [-0.3, -0.25) is 0 Å². The molecule has 0 fully saturated rings. The second kappa shape index (κ2) is 6.13. The summed E-state index contributed by atoms with van der Waals surface area (Å²) in [6.07, 6.45) is 2.54. The standard InChI is InChI=1S/C15H19N5O2S/c1-3-13-16-10-15(19-13)23(21,22)20(2)9-8-14-17-11-6-4-5-7-12(11)18-14/h4-7,10H,3,8-9H2,1-2H3,(H,16,19)(H,17,18). The second-order valence-corrected chi connectivity index (χ2v) is 7.34. The molecule has 122 valence electrons. The molecule has 0 spiro atoms. The second-order valence-electron chi connectivity index (χ2n) is 5.32. The number of rotatable bonds is 6. The quantitative estimate of drug-likeness (QED) is 0.718. The van der Waals surface area contributed by atoms with Crippen LogP contribution in [-0.4, -0.2) is 46.3 Å². The fraction of sp³-hybridized carbons (Fsp3) is 0.333. The number of hydrogen-bond donors (Lipinski definition) is 2. The van der Waals surface area contributed by atoms with Gasteiger partial charge < -0.3 is 9.97 Å². The smallest absolute Gasteiger partial charge is 0.259 e. The number of imidazole rings is 2. The van der Waals surface area contributed by atoms with Gasteiger partial charge in [-0.2, -0.15) is 4.31 Å². The Bertz CT molecular complexity index is 880. The minimum atomic E-state index is -3.55. The number of H-pyrrole nitrogens is 2. The van der Waals surface area contributed by atoms with Gasteiger partial charge in [0.1, 0.15) is 11.6 Å². The first-order valence-corrected chi connectivity index (χ1v) is 8.88. The molecule has 8 heteroatoms. The molecule has 0 aliphatic rings.